The molecule has 1 fully saturated rings. The summed E-state index contributed by atoms with van der Waals surface area (Å²) in [5.74, 6) is 0.903. The Hall–Kier alpha value is -3.73. The average molecular weight is 375 g/mol. The van der Waals surface area contributed by atoms with Crippen LogP contribution >= 0.6 is 0 Å². The number of piperazine rings is 1. The van der Waals surface area contributed by atoms with Gasteiger partial charge in [-0.15, -0.1) is 5.10 Å². The van der Waals surface area contributed by atoms with Gasteiger partial charge in [0, 0.05) is 31.9 Å². The van der Waals surface area contributed by atoms with Crippen molar-refractivity contribution in [3.8, 4) is 6.07 Å². The maximum absolute atomic E-state index is 14.0. The quantitative estimate of drug-likeness (QED) is 0.751. The molecule has 28 heavy (non-hydrogen) atoms. The summed E-state index contributed by atoms with van der Waals surface area (Å²) in [6.07, 6.45) is 1.55. The summed E-state index contributed by atoms with van der Waals surface area (Å²) in [6, 6.07) is 16.0. The van der Waals surface area contributed by atoms with Crippen molar-refractivity contribution in [3.63, 3.8) is 0 Å². The standard InChI is InChI=1S/C20H18FN7/c21-17-3-1-2-4-18(17)27-9-11-28(12-10-27)20-25-19(14-23-26-20)24-16-7-5-15(13-22)6-8-16/h1-8,14H,9-12H2,(H,24,25,26). The number of rotatable bonds is 4. The molecule has 140 valence electrons. The Kier molecular flexibility index (Phi) is 4.97. The smallest absolute Gasteiger partial charge is 0.247 e. The van der Waals surface area contributed by atoms with Gasteiger partial charge < -0.3 is 15.1 Å². The molecular weight excluding hydrogens is 357 g/mol. The van der Waals surface area contributed by atoms with Gasteiger partial charge in [-0.1, -0.05) is 12.1 Å². The molecule has 0 spiro atoms. The largest absolute Gasteiger partial charge is 0.366 e. The second kappa shape index (κ2) is 7.88. The van der Waals surface area contributed by atoms with Gasteiger partial charge in [-0.3, -0.25) is 0 Å². The van der Waals surface area contributed by atoms with Crippen LogP contribution in [0.5, 0.6) is 0 Å². The van der Waals surface area contributed by atoms with Crippen LogP contribution in [-0.4, -0.2) is 41.4 Å². The lowest BCUT2D eigenvalue weighted by molar-refractivity contribution is 0.592. The molecule has 3 aromatic rings. The molecule has 0 bridgehead atoms. The van der Waals surface area contributed by atoms with Gasteiger partial charge >= 0.3 is 0 Å². The van der Waals surface area contributed by atoms with Gasteiger partial charge in [0.2, 0.25) is 5.95 Å². The Morgan fingerprint density at radius 1 is 0.964 bits per heavy atom. The molecular formula is C20H18FN7. The zero-order valence-electron chi connectivity index (χ0n) is 15.1. The third-order valence-corrected chi connectivity index (χ3v) is 4.59. The molecule has 7 nitrogen and oxygen atoms in total. The molecule has 2 heterocycles. The molecule has 0 aliphatic carbocycles. The van der Waals surface area contributed by atoms with Crippen LogP contribution in [0, 0.1) is 17.1 Å². The van der Waals surface area contributed by atoms with Crippen molar-refractivity contribution in [2.45, 2.75) is 0 Å². The summed E-state index contributed by atoms with van der Waals surface area (Å²) in [5, 5.41) is 20.2. The van der Waals surface area contributed by atoms with Crippen LogP contribution in [0.2, 0.25) is 0 Å². The van der Waals surface area contributed by atoms with Crippen molar-refractivity contribution in [1.29, 1.82) is 5.26 Å². The van der Waals surface area contributed by atoms with Crippen molar-refractivity contribution in [3.05, 3.63) is 66.1 Å². The van der Waals surface area contributed by atoms with E-state index in [1.165, 1.54) is 6.07 Å². The predicted molar refractivity (Wildman–Crippen MR) is 105 cm³/mol. The third kappa shape index (κ3) is 3.83. The van der Waals surface area contributed by atoms with E-state index in [-0.39, 0.29) is 5.82 Å². The number of anilines is 4. The van der Waals surface area contributed by atoms with Crippen molar-refractivity contribution in [2.75, 3.05) is 41.3 Å². The van der Waals surface area contributed by atoms with Gasteiger partial charge in [-0.2, -0.15) is 15.3 Å². The van der Waals surface area contributed by atoms with E-state index < -0.39 is 0 Å². The summed E-state index contributed by atoms with van der Waals surface area (Å²) in [4.78, 5) is 8.60. The van der Waals surface area contributed by atoms with E-state index >= 15 is 0 Å². The average Bonchev–Trinajstić information content (AvgIpc) is 2.75. The van der Waals surface area contributed by atoms with Gasteiger partial charge in [0.05, 0.1) is 23.5 Å². The minimum atomic E-state index is -0.206. The van der Waals surface area contributed by atoms with Crippen LogP contribution in [0.4, 0.5) is 27.5 Å². The molecule has 1 aliphatic heterocycles. The summed E-state index contributed by atoms with van der Waals surface area (Å²) < 4.78 is 14.0. The highest BCUT2D eigenvalue weighted by molar-refractivity contribution is 5.57. The highest BCUT2D eigenvalue weighted by Crippen LogP contribution is 2.22. The number of nitrogens with zero attached hydrogens (tertiary/aromatic N) is 6. The normalized spacial score (nSPS) is 13.9. The number of hydrogen-bond acceptors (Lipinski definition) is 7. The monoisotopic (exact) mass is 375 g/mol. The van der Waals surface area contributed by atoms with E-state index in [0.717, 1.165) is 5.69 Å². The number of benzene rings is 2. The molecule has 0 amide bonds. The first-order chi connectivity index (χ1) is 13.7. The van der Waals surface area contributed by atoms with Crippen LogP contribution in [-0.2, 0) is 0 Å². The fourth-order valence-electron chi connectivity index (χ4n) is 3.12. The number of aromatic nitrogens is 3. The van der Waals surface area contributed by atoms with Crippen molar-refractivity contribution >= 4 is 23.1 Å². The minimum absolute atomic E-state index is 0.206. The predicted octanol–water partition coefficient (Wildman–Crippen LogP) is 2.95. The molecule has 1 saturated heterocycles. The summed E-state index contributed by atoms with van der Waals surface area (Å²) >= 11 is 0. The van der Waals surface area contributed by atoms with Gasteiger partial charge in [-0.25, -0.2) is 4.39 Å². The summed E-state index contributed by atoms with van der Waals surface area (Å²) in [5.41, 5.74) is 2.03. The Morgan fingerprint density at radius 2 is 1.68 bits per heavy atom. The van der Waals surface area contributed by atoms with Crippen molar-refractivity contribution in [1.82, 2.24) is 15.2 Å². The molecule has 2 aromatic carbocycles. The van der Waals surface area contributed by atoms with Crippen LogP contribution in [0.15, 0.2) is 54.7 Å². The number of para-hydroxylation sites is 1. The Labute approximate surface area is 162 Å². The zero-order valence-corrected chi connectivity index (χ0v) is 15.1. The lowest BCUT2D eigenvalue weighted by atomic mass is 10.2. The first-order valence-electron chi connectivity index (χ1n) is 8.94. The minimum Gasteiger partial charge on any atom is -0.366 e. The molecule has 1 N–H and O–H groups in total. The Morgan fingerprint density at radius 3 is 2.39 bits per heavy atom. The number of hydrogen-bond donors (Lipinski definition) is 1. The Bertz CT molecular complexity index is 992. The van der Waals surface area contributed by atoms with E-state index in [2.05, 4.69) is 26.6 Å². The fourth-order valence-corrected chi connectivity index (χ4v) is 3.12. The topological polar surface area (TPSA) is 81.0 Å². The lowest BCUT2D eigenvalue weighted by Crippen LogP contribution is -2.47. The summed E-state index contributed by atoms with van der Waals surface area (Å²) in [7, 11) is 0. The van der Waals surface area contributed by atoms with E-state index in [1.807, 2.05) is 28.0 Å². The van der Waals surface area contributed by atoms with Crippen molar-refractivity contribution < 1.29 is 4.39 Å². The van der Waals surface area contributed by atoms with Crippen LogP contribution in [0.1, 0.15) is 5.56 Å². The molecule has 0 saturated carbocycles. The summed E-state index contributed by atoms with van der Waals surface area (Å²) in [6.45, 7) is 2.71. The SMILES string of the molecule is N#Cc1ccc(Nc2cnnc(N3CCN(c4ccccc4F)CC3)n2)cc1. The van der Waals surface area contributed by atoms with E-state index in [9.17, 15) is 4.39 Å². The molecule has 0 atom stereocenters. The zero-order chi connectivity index (χ0) is 19.3. The number of nitrogens with one attached hydrogen (secondary N) is 1. The number of halogens is 1. The maximum atomic E-state index is 14.0. The molecule has 0 radical (unpaired) electrons. The molecule has 1 aromatic heterocycles. The van der Waals surface area contributed by atoms with Crippen molar-refractivity contribution in [2.24, 2.45) is 0 Å². The van der Waals surface area contributed by atoms with Crippen LogP contribution in [0.25, 0.3) is 0 Å². The van der Waals surface area contributed by atoms with E-state index in [1.54, 1.807) is 30.5 Å². The lowest BCUT2D eigenvalue weighted by Gasteiger charge is -2.36. The fraction of sp³-hybridized carbons (Fsp3) is 0.200. The second-order valence-electron chi connectivity index (χ2n) is 6.38. The van der Waals surface area contributed by atoms with Gasteiger partial charge in [0.25, 0.3) is 0 Å². The maximum Gasteiger partial charge on any atom is 0.247 e. The molecule has 1 aliphatic rings. The van der Waals surface area contributed by atoms with Gasteiger partial charge in [0.15, 0.2) is 5.82 Å². The van der Waals surface area contributed by atoms with Crippen LogP contribution in [0.3, 0.4) is 0 Å². The van der Waals surface area contributed by atoms with E-state index in [0.29, 0.717) is 49.2 Å². The second-order valence-corrected chi connectivity index (χ2v) is 6.38. The molecule has 0 unspecified atom stereocenters. The highest BCUT2D eigenvalue weighted by atomic mass is 19.1. The molecule has 4 rings (SSSR count). The number of nitriles is 1. The first kappa shape index (κ1) is 17.7. The van der Waals surface area contributed by atoms with Crippen LogP contribution < -0.4 is 15.1 Å². The highest BCUT2D eigenvalue weighted by Gasteiger charge is 2.21. The van der Waals surface area contributed by atoms with Gasteiger partial charge in [-0.05, 0) is 36.4 Å². The van der Waals surface area contributed by atoms with Gasteiger partial charge in [0.1, 0.15) is 5.82 Å². The van der Waals surface area contributed by atoms with E-state index in [4.69, 9.17) is 5.26 Å². The Balaban J connectivity index is 1.42. The first-order valence-corrected chi connectivity index (χ1v) is 8.94. The molecule has 8 heteroatoms. The third-order valence-electron chi connectivity index (χ3n) is 4.59.